The fourth-order valence-corrected chi connectivity index (χ4v) is 2.19. The van der Waals surface area contributed by atoms with E-state index in [0.29, 0.717) is 18.1 Å². The molecule has 2 rings (SSSR count). The third-order valence-electron chi connectivity index (χ3n) is 2.81. The zero-order valence-corrected chi connectivity index (χ0v) is 12.8. The molecule has 0 saturated heterocycles. The standard InChI is InChI=1S/C14H18N4O2S/c1-18(2)21(19,20)17-13-8-9-14(16-11-13)15-10-12-6-4-3-5-7-12/h3-9,11,17H,10H2,1-2H3,(H,15,16). The number of aromatic nitrogens is 1. The normalized spacial score (nSPS) is 11.4. The summed E-state index contributed by atoms with van der Waals surface area (Å²) < 4.78 is 26.9. The van der Waals surface area contributed by atoms with Crippen LogP contribution in [-0.4, -0.2) is 31.8 Å². The highest BCUT2D eigenvalue weighted by molar-refractivity contribution is 7.90. The molecule has 1 heterocycles. The molecule has 0 bridgehead atoms. The Bertz CT molecular complexity index is 670. The van der Waals surface area contributed by atoms with Gasteiger partial charge in [-0.25, -0.2) is 4.98 Å². The van der Waals surface area contributed by atoms with Crippen molar-refractivity contribution in [3.63, 3.8) is 0 Å². The number of hydrogen-bond acceptors (Lipinski definition) is 4. The van der Waals surface area contributed by atoms with Gasteiger partial charge in [-0.1, -0.05) is 30.3 Å². The van der Waals surface area contributed by atoms with Crippen molar-refractivity contribution in [1.82, 2.24) is 9.29 Å². The number of pyridine rings is 1. The van der Waals surface area contributed by atoms with Crippen molar-refractivity contribution >= 4 is 21.7 Å². The largest absolute Gasteiger partial charge is 0.366 e. The van der Waals surface area contributed by atoms with E-state index in [-0.39, 0.29) is 0 Å². The first-order valence-corrected chi connectivity index (χ1v) is 7.85. The molecule has 1 aromatic heterocycles. The molecule has 0 fully saturated rings. The summed E-state index contributed by atoms with van der Waals surface area (Å²) in [5.74, 6) is 0.687. The zero-order chi connectivity index (χ0) is 15.3. The van der Waals surface area contributed by atoms with Crippen molar-refractivity contribution in [3.05, 3.63) is 54.2 Å². The summed E-state index contributed by atoms with van der Waals surface area (Å²) in [6.45, 7) is 0.663. The van der Waals surface area contributed by atoms with Crippen LogP contribution < -0.4 is 10.0 Å². The Hall–Kier alpha value is -2.12. The van der Waals surface area contributed by atoms with Crippen LogP contribution in [0.25, 0.3) is 0 Å². The van der Waals surface area contributed by atoms with Gasteiger partial charge in [-0.15, -0.1) is 0 Å². The monoisotopic (exact) mass is 306 g/mol. The van der Waals surface area contributed by atoms with Gasteiger partial charge in [-0.2, -0.15) is 12.7 Å². The van der Waals surface area contributed by atoms with Crippen molar-refractivity contribution in [2.75, 3.05) is 24.1 Å². The summed E-state index contributed by atoms with van der Waals surface area (Å²) in [5, 5.41) is 3.17. The minimum Gasteiger partial charge on any atom is -0.366 e. The molecule has 0 atom stereocenters. The van der Waals surface area contributed by atoms with Crippen LogP contribution in [0.4, 0.5) is 11.5 Å². The molecule has 0 aliphatic rings. The van der Waals surface area contributed by atoms with Crippen LogP contribution >= 0.6 is 0 Å². The fraction of sp³-hybridized carbons (Fsp3) is 0.214. The van der Waals surface area contributed by atoms with E-state index in [1.165, 1.54) is 20.3 Å². The maximum atomic E-state index is 11.7. The summed E-state index contributed by atoms with van der Waals surface area (Å²) in [7, 11) is -0.569. The molecular weight excluding hydrogens is 288 g/mol. The number of benzene rings is 1. The second-order valence-corrected chi connectivity index (χ2v) is 6.55. The van der Waals surface area contributed by atoms with Crippen molar-refractivity contribution in [2.45, 2.75) is 6.54 Å². The van der Waals surface area contributed by atoms with E-state index >= 15 is 0 Å². The van der Waals surface area contributed by atoms with Gasteiger partial charge in [-0.05, 0) is 17.7 Å². The number of anilines is 2. The molecule has 0 saturated carbocycles. The molecule has 112 valence electrons. The first kappa shape index (κ1) is 15.3. The molecule has 0 aliphatic heterocycles. The highest BCUT2D eigenvalue weighted by atomic mass is 32.2. The Labute approximate surface area is 125 Å². The van der Waals surface area contributed by atoms with E-state index in [2.05, 4.69) is 15.0 Å². The third kappa shape index (κ3) is 4.44. The van der Waals surface area contributed by atoms with Crippen molar-refractivity contribution in [2.24, 2.45) is 0 Å². The Balaban J connectivity index is 1.96. The molecule has 0 unspecified atom stereocenters. The van der Waals surface area contributed by atoms with Gasteiger partial charge >= 0.3 is 10.2 Å². The lowest BCUT2D eigenvalue weighted by atomic mass is 10.2. The van der Waals surface area contributed by atoms with Crippen molar-refractivity contribution in [3.8, 4) is 0 Å². The third-order valence-corrected chi connectivity index (χ3v) is 4.26. The molecule has 6 nitrogen and oxygen atoms in total. The van der Waals surface area contributed by atoms with Gasteiger partial charge in [0.15, 0.2) is 0 Å². The second-order valence-electron chi connectivity index (χ2n) is 4.66. The molecule has 0 amide bonds. The van der Waals surface area contributed by atoms with Crippen LogP contribution in [0.1, 0.15) is 5.56 Å². The highest BCUT2D eigenvalue weighted by Crippen LogP contribution is 2.13. The Kier molecular flexibility index (Phi) is 4.77. The van der Waals surface area contributed by atoms with Crippen molar-refractivity contribution in [1.29, 1.82) is 0 Å². The van der Waals surface area contributed by atoms with Gasteiger partial charge in [0.1, 0.15) is 5.82 Å². The van der Waals surface area contributed by atoms with Gasteiger partial charge in [0.2, 0.25) is 0 Å². The molecule has 0 radical (unpaired) electrons. The number of rotatable bonds is 6. The molecule has 2 aromatic rings. The molecule has 0 aliphatic carbocycles. The smallest absolute Gasteiger partial charge is 0.301 e. The molecule has 1 aromatic carbocycles. The summed E-state index contributed by atoms with van der Waals surface area (Å²) in [6, 6.07) is 13.4. The van der Waals surface area contributed by atoms with Gasteiger partial charge in [0.25, 0.3) is 0 Å². The van der Waals surface area contributed by atoms with Crippen LogP contribution in [0.5, 0.6) is 0 Å². The Morgan fingerprint density at radius 2 is 1.81 bits per heavy atom. The summed E-state index contributed by atoms with van der Waals surface area (Å²) in [6.07, 6.45) is 1.48. The number of nitrogens with zero attached hydrogens (tertiary/aromatic N) is 2. The average molecular weight is 306 g/mol. The van der Waals surface area contributed by atoms with Gasteiger partial charge in [-0.3, -0.25) is 4.72 Å². The molecule has 2 N–H and O–H groups in total. The summed E-state index contributed by atoms with van der Waals surface area (Å²) in [4.78, 5) is 4.18. The zero-order valence-electron chi connectivity index (χ0n) is 11.9. The lowest BCUT2D eigenvalue weighted by Crippen LogP contribution is -2.28. The first-order valence-electron chi connectivity index (χ1n) is 6.41. The summed E-state index contributed by atoms with van der Waals surface area (Å²) >= 11 is 0. The van der Waals surface area contributed by atoms with Crippen LogP contribution in [-0.2, 0) is 16.8 Å². The van der Waals surface area contributed by atoms with E-state index in [0.717, 1.165) is 9.87 Å². The average Bonchev–Trinajstić information content (AvgIpc) is 2.47. The van der Waals surface area contributed by atoms with E-state index < -0.39 is 10.2 Å². The maximum Gasteiger partial charge on any atom is 0.301 e. The predicted octanol–water partition coefficient (Wildman–Crippen LogP) is 1.91. The minimum atomic E-state index is -3.50. The van der Waals surface area contributed by atoms with E-state index in [1.807, 2.05) is 30.3 Å². The lowest BCUT2D eigenvalue weighted by Gasteiger charge is -2.13. The predicted molar refractivity (Wildman–Crippen MR) is 84.2 cm³/mol. The van der Waals surface area contributed by atoms with Crippen LogP contribution in [0.15, 0.2) is 48.7 Å². The first-order chi connectivity index (χ1) is 9.97. The molecule has 7 heteroatoms. The van der Waals surface area contributed by atoms with Crippen LogP contribution in [0, 0.1) is 0 Å². The number of hydrogen-bond donors (Lipinski definition) is 2. The quantitative estimate of drug-likeness (QED) is 0.855. The van der Waals surface area contributed by atoms with Gasteiger partial charge in [0, 0.05) is 20.6 Å². The highest BCUT2D eigenvalue weighted by Gasteiger charge is 2.12. The van der Waals surface area contributed by atoms with Crippen LogP contribution in [0.3, 0.4) is 0 Å². The second kappa shape index (κ2) is 6.55. The van der Waals surface area contributed by atoms with Crippen LogP contribution in [0.2, 0.25) is 0 Å². The number of nitrogens with one attached hydrogen (secondary N) is 2. The van der Waals surface area contributed by atoms with Crippen molar-refractivity contribution < 1.29 is 8.42 Å². The molecule has 0 spiro atoms. The molecule has 21 heavy (non-hydrogen) atoms. The lowest BCUT2D eigenvalue weighted by molar-refractivity contribution is 0.527. The minimum absolute atomic E-state index is 0.425. The Morgan fingerprint density at radius 1 is 1.10 bits per heavy atom. The van der Waals surface area contributed by atoms with Gasteiger partial charge < -0.3 is 5.32 Å². The van der Waals surface area contributed by atoms with E-state index in [4.69, 9.17) is 0 Å². The van der Waals surface area contributed by atoms with E-state index in [9.17, 15) is 8.42 Å². The SMILES string of the molecule is CN(C)S(=O)(=O)Nc1ccc(NCc2ccccc2)nc1. The fourth-order valence-electron chi connectivity index (χ4n) is 1.59. The topological polar surface area (TPSA) is 74.3 Å². The molecular formula is C14H18N4O2S. The maximum absolute atomic E-state index is 11.7. The summed E-state index contributed by atoms with van der Waals surface area (Å²) in [5.41, 5.74) is 1.57. The van der Waals surface area contributed by atoms with E-state index in [1.54, 1.807) is 12.1 Å². The Morgan fingerprint density at radius 3 is 2.38 bits per heavy atom. The van der Waals surface area contributed by atoms with Gasteiger partial charge in [0.05, 0.1) is 11.9 Å².